The van der Waals surface area contributed by atoms with E-state index in [0.29, 0.717) is 29.0 Å². The molecule has 0 bridgehead atoms. The molecular weight excluding hydrogens is 318 g/mol. The number of hydrogen-bond acceptors (Lipinski definition) is 4. The largest absolute Gasteiger partial charge is 0.495 e. The Kier molecular flexibility index (Phi) is 8.19. The van der Waals surface area contributed by atoms with Crippen LogP contribution in [0.15, 0.2) is 30.4 Å². The lowest BCUT2D eigenvalue weighted by atomic mass is 10.1. The Labute approximate surface area is 141 Å². The van der Waals surface area contributed by atoms with Gasteiger partial charge in [0, 0.05) is 17.2 Å². The van der Waals surface area contributed by atoms with Crippen LogP contribution in [0.4, 0.5) is 5.69 Å². The first-order chi connectivity index (χ1) is 10.9. The Balaban J connectivity index is 2.46. The summed E-state index contributed by atoms with van der Waals surface area (Å²) < 4.78 is 10.1. The normalized spacial score (nSPS) is 10.8. The number of carbonyl (C=O) groups is 2. The van der Waals surface area contributed by atoms with E-state index < -0.39 is 11.9 Å². The van der Waals surface area contributed by atoms with Crippen molar-refractivity contribution in [1.29, 1.82) is 0 Å². The van der Waals surface area contributed by atoms with Crippen molar-refractivity contribution in [2.24, 2.45) is 5.92 Å². The van der Waals surface area contributed by atoms with Gasteiger partial charge in [0.25, 0.3) is 0 Å². The first-order valence-electron chi connectivity index (χ1n) is 7.41. The summed E-state index contributed by atoms with van der Waals surface area (Å²) >= 11 is 5.88. The third kappa shape index (κ3) is 7.70. The SMILES string of the molecule is COc1ccc(Cl)cc1NC(=O)/C=C/C(=O)OCCCC(C)C. The molecule has 1 rings (SSSR count). The van der Waals surface area contributed by atoms with E-state index in [4.69, 9.17) is 21.1 Å². The molecule has 6 heteroatoms. The van der Waals surface area contributed by atoms with Crippen LogP contribution in [0.2, 0.25) is 5.02 Å². The van der Waals surface area contributed by atoms with Gasteiger partial charge in [-0.15, -0.1) is 0 Å². The van der Waals surface area contributed by atoms with Crippen LogP contribution >= 0.6 is 11.6 Å². The second-order valence-electron chi connectivity index (χ2n) is 5.37. The van der Waals surface area contributed by atoms with Crippen molar-refractivity contribution in [3.8, 4) is 5.75 Å². The molecule has 0 radical (unpaired) electrons. The number of esters is 1. The number of halogens is 1. The van der Waals surface area contributed by atoms with Crippen molar-refractivity contribution in [2.75, 3.05) is 19.0 Å². The quantitative estimate of drug-likeness (QED) is 0.444. The molecule has 5 nitrogen and oxygen atoms in total. The van der Waals surface area contributed by atoms with E-state index in [1.165, 1.54) is 7.11 Å². The van der Waals surface area contributed by atoms with Crippen LogP contribution in [-0.4, -0.2) is 25.6 Å². The highest BCUT2D eigenvalue weighted by Gasteiger charge is 2.07. The number of methoxy groups -OCH3 is 1. The van der Waals surface area contributed by atoms with E-state index in [2.05, 4.69) is 19.2 Å². The molecular formula is C17H22ClNO4. The predicted molar refractivity (Wildman–Crippen MR) is 90.8 cm³/mol. The van der Waals surface area contributed by atoms with Crippen molar-refractivity contribution >= 4 is 29.2 Å². The summed E-state index contributed by atoms with van der Waals surface area (Å²) in [6.07, 6.45) is 4.02. The van der Waals surface area contributed by atoms with Crippen LogP contribution in [0, 0.1) is 5.92 Å². The van der Waals surface area contributed by atoms with Gasteiger partial charge in [-0.2, -0.15) is 0 Å². The lowest BCUT2D eigenvalue weighted by molar-refractivity contribution is -0.138. The zero-order chi connectivity index (χ0) is 17.2. The number of carbonyl (C=O) groups excluding carboxylic acids is 2. The van der Waals surface area contributed by atoms with Crippen molar-refractivity contribution in [3.63, 3.8) is 0 Å². The monoisotopic (exact) mass is 339 g/mol. The maximum Gasteiger partial charge on any atom is 0.330 e. The maximum absolute atomic E-state index is 11.8. The number of benzene rings is 1. The molecule has 1 aromatic carbocycles. The minimum atomic E-state index is -0.540. The fourth-order valence-electron chi connectivity index (χ4n) is 1.81. The van der Waals surface area contributed by atoms with Gasteiger partial charge in [-0.1, -0.05) is 25.4 Å². The summed E-state index contributed by atoms with van der Waals surface area (Å²) in [7, 11) is 1.49. The van der Waals surface area contributed by atoms with E-state index in [0.717, 1.165) is 25.0 Å². The molecule has 0 aliphatic heterocycles. The third-order valence-electron chi connectivity index (χ3n) is 2.96. The van der Waals surface area contributed by atoms with E-state index in [9.17, 15) is 9.59 Å². The highest BCUT2D eigenvalue weighted by Crippen LogP contribution is 2.27. The van der Waals surface area contributed by atoms with E-state index in [-0.39, 0.29) is 0 Å². The molecule has 126 valence electrons. The van der Waals surface area contributed by atoms with Crippen LogP contribution in [0.5, 0.6) is 5.75 Å². The number of amides is 1. The van der Waals surface area contributed by atoms with Gasteiger partial charge in [0.1, 0.15) is 5.75 Å². The van der Waals surface area contributed by atoms with Crippen molar-refractivity contribution in [3.05, 3.63) is 35.4 Å². The molecule has 0 fully saturated rings. The number of ether oxygens (including phenoxy) is 2. The molecule has 0 aromatic heterocycles. The minimum absolute atomic E-state index is 0.352. The Morgan fingerprint density at radius 3 is 2.70 bits per heavy atom. The molecule has 1 N–H and O–H groups in total. The number of anilines is 1. The lowest BCUT2D eigenvalue weighted by Gasteiger charge is -2.09. The Hall–Kier alpha value is -2.01. The average Bonchev–Trinajstić information content (AvgIpc) is 2.49. The summed E-state index contributed by atoms with van der Waals surface area (Å²) in [5, 5.41) is 3.06. The first-order valence-corrected chi connectivity index (χ1v) is 7.79. The van der Waals surface area contributed by atoms with Gasteiger partial charge in [0.2, 0.25) is 5.91 Å². The minimum Gasteiger partial charge on any atom is -0.495 e. The molecule has 0 heterocycles. The smallest absolute Gasteiger partial charge is 0.330 e. The van der Waals surface area contributed by atoms with Gasteiger partial charge in [-0.3, -0.25) is 4.79 Å². The van der Waals surface area contributed by atoms with Crippen LogP contribution in [0.25, 0.3) is 0 Å². The molecule has 1 aromatic rings. The summed E-state index contributed by atoms with van der Waals surface area (Å²) in [5.74, 6) is 0.0433. The first kappa shape index (κ1) is 19.0. The summed E-state index contributed by atoms with van der Waals surface area (Å²) in [6, 6.07) is 4.86. The lowest BCUT2D eigenvalue weighted by Crippen LogP contribution is -2.10. The van der Waals surface area contributed by atoms with Gasteiger partial charge in [0.05, 0.1) is 19.4 Å². The highest BCUT2D eigenvalue weighted by atomic mass is 35.5. The van der Waals surface area contributed by atoms with Crippen molar-refractivity contribution in [1.82, 2.24) is 0 Å². The van der Waals surface area contributed by atoms with Crippen LogP contribution in [0.3, 0.4) is 0 Å². The average molecular weight is 340 g/mol. The molecule has 0 aliphatic rings. The van der Waals surface area contributed by atoms with E-state index in [1.54, 1.807) is 18.2 Å². The predicted octanol–water partition coefficient (Wildman–Crippen LogP) is 3.82. The van der Waals surface area contributed by atoms with Gasteiger partial charge in [0.15, 0.2) is 0 Å². The van der Waals surface area contributed by atoms with Crippen LogP contribution in [-0.2, 0) is 14.3 Å². The van der Waals surface area contributed by atoms with Crippen molar-refractivity contribution in [2.45, 2.75) is 26.7 Å². The standard InChI is InChI=1S/C17H22ClNO4/c1-12(2)5-4-10-23-17(21)9-8-16(20)19-14-11-13(18)6-7-15(14)22-3/h6-9,11-12H,4-5,10H2,1-3H3,(H,19,20)/b9-8+. The third-order valence-corrected chi connectivity index (χ3v) is 3.20. The fraction of sp³-hybridized carbons (Fsp3) is 0.412. The van der Waals surface area contributed by atoms with Crippen molar-refractivity contribution < 1.29 is 19.1 Å². The number of nitrogens with one attached hydrogen (secondary N) is 1. The Bertz CT molecular complexity index is 570. The second-order valence-corrected chi connectivity index (χ2v) is 5.81. The molecule has 0 aliphatic carbocycles. The zero-order valence-corrected chi connectivity index (χ0v) is 14.4. The van der Waals surface area contributed by atoms with Gasteiger partial charge in [-0.05, 0) is 37.0 Å². The Morgan fingerprint density at radius 2 is 2.04 bits per heavy atom. The van der Waals surface area contributed by atoms with E-state index >= 15 is 0 Å². The summed E-state index contributed by atoms with van der Waals surface area (Å²) in [6.45, 7) is 4.57. The van der Waals surface area contributed by atoms with Gasteiger partial charge < -0.3 is 14.8 Å². The molecule has 0 unspecified atom stereocenters. The molecule has 0 spiro atoms. The molecule has 0 saturated carbocycles. The molecule has 23 heavy (non-hydrogen) atoms. The highest BCUT2D eigenvalue weighted by molar-refractivity contribution is 6.31. The summed E-state index contributed by atoms with van der Waals surface area (Å²) in [4.78, 5) is 23.3. The van der Waals surface area contributed by atoms with Crippen LogP contribution < -0.4 is 10.1 Å². The zero-order valence-electron chi connectivity index (χ0n) is 13.6. The number of hydrogen-bond donors (Lipinski definition) is 1. The molecule has 0 atom stereocenters. The molecule has 0 saturated heterocycles. The summed E-state index contributed by atoms with van der Waals surface area (Å²) in [5.41, 5.74) is 0.431. The Morgan fingerprint density at radius 1 is 1.30 bits per heavy atom. The molecule has 1 amide bonds. The fourth-order valence-corrected chi connectivity index (χ4v) is 1.98. The second kappa shape index (κ2) is 9.90. The van der Waals surface area contributed by atoms with E-state index in [1.807, 2.05) is 0 Å². The number of rotatable bonds is 8. The maximum atomic E-state index is 11.8. The topological polar surface area (TPSA) is 64.6 Å². The van der Waals surface area contributed by atoms with Gasteiger partial charge >= 0.3 is 5.97 Å². The van der Waals surface area contributed by atoms with Crippen LogP contribution in [0.1, 0.15) is 26.7 Å². The van der Waals surface area contributed by atoms with Gasteiger partial charge in [-0.25, -0.2) is 4.79 Å².